The number of nitrogens with zero attached hydrogens (tertiary/aromatic N) is 3. The molecule has 0 atom stereocenters. The molecule has 6 nitrogen and oxygen atoms in total. The third-order valence-corrected chi connectivity index (χ3v) is 7.30. The highest BCUT2D eigenvalue weighted by atomic mass is 32.2. The summed E-state index contributed by atoms with van der Waals surface area (Å²) >= 11 is 2.73. The first-order chi connectivity index (χ1) is 15.1. The first-order valence-electron chi connectivity index (χ1n) is 10.3. The van der Waals surface area contributed by atoms with Gasteiger partial charge in [0.05, 0.1) is 11.3 Å². The Morgan fingerprint density at radius 1 is 1.06 bits per heavy atom. The van der Waals surface area contributed by atoms with Crippen LogP contribution in [0.2, 0.25) is 0 Å². The van der Waals surface area contributed by atoms with Crippen molar-refractivity contribution in [3.8, 4) is 10.4 Å². The monoisotopic (exact) mass is 452 g/mol. The maximum atomic E-state index is 13.4. The molecule has 31 heavy (non-hydrogen) atoms. The number of piperidine rings is 1. The van der Waals surface area contributed by atoms with Gasteiger partial charge < -0.3 is 10.2 Å². The van der Waals surface area contributed by atoms with E-state index >= 15 is 0 Å². The van der Waals surface area contributed by atoms with Crippen molar-refractivity contribution in [2.45, 2.75) is 31.3 Å². The lowest BCUT2D eigenvalue weighted by Gasteiger charge is -2.27. The maximum absolute atomic E-state index is 13.4. The third-order valence-electron chi connectivity index (χ3n) is 5.17. The van der Waals surface area contributed by atoms with Gasteiger partial charge in [0.2, 0.25) is 5.91 Å². The number of aromatic nitrogens is 2. The molecule has 1 aliphatic rings. The number of carbonyl (C=O) groups is 2. The molecule has 3 heterocycles. The fourth-order valence-electron chi connectivity index (χ4n) is 3.63. The van der Waals surface area contributed by atoms with Gasteiger partial charge in [0.1, 0.15) is 5.00 Å². The van der Waals surface area contributed by atoms with Crippen LogP contribution in [0.1, 0.15) is 35.2 Å². The van der Waals surface area contributed by atoms with Crippen molar-refractivity contribution in [1.29, 1.82) is 0 Å². The molecule has 3 aromatic rings. The van der Waals surface area contributed by atoms with Gasteiger partial charge in [-0.1, -0.05) is 42.1 Å². The standard InChI is InChI=1S/C23H24N4O2S2/c1-16-19(22(29)27-13-6-3-7-14-27)21(31-20(16)17-9-4-2-5-10-17)26-18(28)15-30-23-24-11-8-12-25-23/h2,4-5,8-12H,3,6-7,13-15H2,1H3,(H,26,28). The lowest BCUT2D eigenvalue weighted by atomic mass is 10.0. The smallest absolute Gasteiger partial charge is 0.257 e. The largest absolute Gasteiger partial charge is 0.339 e. The van der Waals surface area contributed by atoms with Gasteiger partial charge in [-0.25, -0.2) is 9.97 Å². The fourth-order valence-corrected chi connectivity index (χ4v) is 5.46. The number of thioether (sulfide) groups is 1. The number of likely N-dealkylation sites (tertiary alicyclic amines) is 1. The fraction of sp³-hybridized carbons (Fsp3) is 0.304. The number of carbonyl (C=O) groups excluding carboxylic acids is 2. The minimum Gasteiger partial charge on any atom is -0.339 e. The first kappa shape index (κ1) is 21.5. The van der Waals surface area contributed by atoms with Crippen molar-refractivity contribution in [3.05, 3.63) is 59.9 Å². The van der Waals surface area contributed by atoms with Crippen LogP contribution in [0.3, 0.4) is 0 Å². The van der Waals surface area contributed by atoms with Crippen molar-refractivity contribution in [2.24, 2.45) is 0 Å². The number of rotatable bonds is 6. The molecule has 2 amide bonds. The SMILES string of the molecule is Cc1c(-c2ccccc2)sc(NC(=O)CSc2ncccn2)c1C(=O)N1CCCCC1. The van der Waals surface area contributed by atoms with Gasteiger partial charge in [-0.05, 0) is 43.4 Å². The van der Waals surface area contributed by atoms with Crippen LogP contribution in [-0.2, 0) is 4.79 Å². The molecule has 1 fully saturated rings. The Bertz CT molecular complexity index is 1050. The molecule has 0 radical (unpaired) electrons. The molecule has 160 valence electrons. The number of hydrogen-bond donors (Lipinski definition) is 1. The summed E-state index contributed by atoms with van der Waals surface area (Å²) in [7, 11) is 0. The Morgan fingerprint density at radius 2 is 1.77 bits per heavy atom. The Labute approximate surface area is 190 Å². The third kappa shape index (κ3) is 5.14. The Kier molecular flexibility index (Phi) is 6.99. The Morgan fingerprint density at radius 3 is 2.48 bits per heavy atom. The van der Waals surface area contributed by atoms with Gasteiger partial charge in [0.25, 0.3) is 5.91 Å². The molecular weight excluding hydrogens is 428 g/mol. The number of amides is 2. The zero-order valence-corrected chi connectivity index (χ0v) is 19.0. The highest BCUT2D eigenvalue weighted by Gasteiger charge is 2.27. The number of benzene rings is 1. The van der Waals surface area contributed by atoms with Crippen LogP contribution in [0, 0.1) is 6.92 Å². The summed E-state index contributed by atoms with van der Waals surface area (Å²) in [6.07, 6.45) is 6.50. The van der Waals surface area contributed by atoms with Gasteiger partial charge in [-0.15, -0.1) is 11.3 Å². The first-order valence-corrected chi connectivity index (χ1v) is 12.1. The average Bonchev–Trinajstić information content (AvgIpc) is 3.14. The van der Waals surface area contributed by atoms with Gasteiger partial charge in [0, 0.05) is 30.4 Å². The summed E-state index contributed by atoms with van der Waals surface area (Å²) in [6, 6.07) is 11.7. The molecule has 1 aromatic carbocycles. The Balaban J connectivity index is 1.60. The van der Waals surface area contributed by atoms with Crippen molar-refractivity contribution < 1.29 is 9.59 Å². The topological polar surface area (TPSA) is 75.2 Å². The molecule has 4 rings (SSSR count). The molecule has 2 aromatic heterocycles. The van der Waals surface area contributed by atoms with Crippen LogP contribution in [0.5, 0.6) is 0 Å². The van der Waals surface area contributed by atoms with E-state index < -0.39 is 0 Å². The lowest BCUT2D eigenvalue weighted by Crippen LogP contribution is -2.36. The highest BCUT2D eigenvalue weighted by molar-refractivity contribution is 7.99. The van der Waals surface area contributed by atoms with Crippen LogP contribution in [0.4, 0.5) is 5.00 Å². The summed E-state index contributed by atoms with van der Waals surface area (Å²) in [5.41, 5.74) is 2.58. The van der Waals surface area contributed by atoms with Gasteiger partial charge >= 0.3 is 0 Å². The normalized spacial score (nSPS) is 13.8. The Hall–Kier alpha value is -2.71. The van der Waals surface area contributed by atoms with Crippen LogP contribution in [0.25, 0.3) is 10.4 Å². The van der Waals surface area contributed by atoms with E-state index in [1.807, 2.05) is 42.2 Å². The molecule has 0 aliphatic carbocycles. The zero-order chi connectivity index (χ0) is 21.6. The summed E-state index contributed by atoms with van der Waals surface area (Å²) in [4.78, 5) is 37.3. The van der Waals surface area contributed by atoms with E-state index in [4.69, 9.17) is 0 Å². The van der Waals surface area contributed by atoms with E-state index in [1.165, 1.54) is 23.1 Å². The number of thiophene rings is 1. The lowest BCUT2D eigenvalue weighted by molar-refractivity contribution is -0.113. The quantitative estimate of drug-likeness (QED) is 0.427. The highest BCUT2D eigenvalue weighted by Crippen LogP contribution is 2.40. The average molecular weight is 453 g/mol. The van der Waals surface area contributed by atoms with Gasteiger partial charge in [0.15, 0.2) is 5.16 Å². The molecule has 0 bridgehead atoms. The minimum absolute atomic E-state index is 0.00461. The maximum Gasteiger partial charge on any atom is 0.257 e. The minimum atomic E-state index is -0.175. The zero-order valence-electron chi connectivity index (χ0n) is 17.3. The van der Waals surface area contributed by atoms with E-state index in [0.717, 1.165) is 48.4 Å². The predicted molar refractivity (Wildman–Crippen MR) is 126 cm³/mol. The van der Waals surface area contributed by atoms with Crippen LogP contribution >= 0.6 is 23.1 Å². The number of anilines is 1. The van der Waals surface area contributed by atoms with E-state index in [-0.39, 0.29) is 17.6 Å². The predicted octanol–water partition coefficient (Wildman–Crippen LogP) is 4.87. The van der Waals surface area contributed by atoms with E-state index in [2.05, 4.69) is 15.3 Å². The molecule has 0 saturated carbocycles. The van der Waals surface area contributed by atoms with Gasteiger partial charge in [-0.3, -0.25) is 9.59 Å². The van der Waals surface area contributed by atoms with Crippen molar-refractivity contribution in [2.75, 3.05) is 24.2 Å². The van der Waals surface area contributed by atoms with Crippen LogP contribution in [0.15, 0.2) is 53.9 Å². The molecule has 0 unspecified atom stereocenters. The second kappa shape index (κ2) is 10.1. The summed E-state index contributed by atoms with van der Waals surface area (Å²) in [6.45, 7) is 3.50. The molecular formula is C23H24N4O2S2. The molecule has 1 saturated heterocycles. The van der Waals surface area contributed by atoms with Crippen molar-refractivity contribution in [1.82, 2.24) is 14.9 Å². The summed E-state index contributed by atoms with van der Waals surface area (Å²) < 4.78 is 0. The van der Waals surface area contributed by atoms with Crippen LogP contribution in [-0.4, -0.2) is 45.5 Å². The number of hydrogen-bond acceptors (Lipinski definition) is 6. The van der Waals surface area contributed by atoms with Crippen molar-refractivity contribution in [3.63, 3.8) is 0 Å². The molecule has 1 N–H and O–H groups in total. The van der Waals surface area contributed by atoms with E-state index in [9.17, 15) is 9.59 Å². The molecule has 8 heteroatoms. The second-order valence-electron chi connectivity index (χ2n) is 7.35. The van der Waals surface area contributed by atoms with E-state index in [0.29, 0.717) is 15.7 Å². The summed E-state index contributed by atoms with van der Waals surface area (Å²) in [5, 5.41) is 4.16. The number of nitrogens with one attached hydrogen (secondary N) is 1. The molecule has 0 spiro atoms. The summed E-state index contributed by atoms with van der Waals surface area (Å²) in [5.74, 6) is 0.00916. The van der Waals surface area contributed by atoms with Crippen LogP contribution < -0.4 is 5.32 Å². The van der Waals surface area contributed by atoms with Crippen molar-refractivity contribution >= 4 is 39.9 Å². The van der Waals surface area contributed by atoms with Gasteiger partial charge in [-0.2, -0.15) is 0 Å². The second-order valence-corrected chi connectivity index (χ2v) is 9.31. The molecule has 1 aliphatic heterocycles. The van der Waals surface area contributed by atoms with E-state index in [1.54, 1.807) is 18.5 Å².